The molecule has 174 valence electrons. The van der Waals surface area contributed by atoms with Crippen LogP contribution in [0.25, 0.3) is 0 Å². The number of halogens is 4. The van der Waals surface area contributed by atoms with Crippen molar-refractivity contribution in [2.75, 3.05) is 17.6 Å². The molecule has 5 N–H and O–H groups in total. The molecule has 12 heteroatoms. The average molecular weight is 456 g/mol. The van der Waals surface area contributed by atoms with E-state index in [4.69, 9.17) is 11.5 Å². The maximum absolute atomic E-state index is 14.1. The van der Waals surface area contributed by atoms with Gasteiger partial charge in [0.1, 0.15) is 11.5 Å². The molecule has 1 saturated carbocycles. The largest absolute Gasteiger partial charge is 0.416 e. The Kier molecular flexibility index (Phi) is 7.12. The maximum Gasteiger partial charge on any atom is 0.416 e. The molecular weight excluding hydrogens is 432 g/mol. The van der Waals surface area contributed by atoms with Crippen molar-refractivity contribution < 1.29 is 22.5 Å². The summed E-state index contributed by atoms with van der Waals surface area (Å²) in [5.41, 5.74) is 10.2. The van der Waals surface area contributed by atoms with Crippen LogP contribution in [0.15, 0.2) is 18.2 Å². The molecule has 1 aliphatic rings. The Morgan fingerprint density at radius 1 is 1.16 bits per heavy atom. The van der Waals surface area contributed by atoms with E-state index in [1.165, 1.54) is 0 Å². The van der Waals surface area contributed by atoms with Gasteiger partial charge in [-0.3, -0.25) is 10.1 Å². The minimum atomic E-state index is -4.65. The Labute approximate surface area is 181 Å². The van der Waals surface area contributed by atoms with Crippen LogP contribution >= 0.6 is 0 Å². The molecule has 8 nitrogen and oxygen atoms in total. The zero-order valence-electron chi connectivity index (χ0n) is 17.2. The lowest BCUT2D eigenvalue weighted by atomic mass is 9.80. The van der Waals surface area contributed by atoms with Crippen molar-refractivity contribution in [3.05, 3.63) is 51.0 Å². The number of hydrogen-bond acceptors (Lipinski definition) is 7. The predicted molar refractivity (Wildman–Crippen MR) is 110 cm³/mol. The van der Waals surface area contributed by atoms with Crippen LogP contribution in [0, 0.1) is 27.8 Å². The summed E-state index contributed by atoms with van der Waals surface area (Å²) in [6.45, 7) is 0.393. The first kappa shape index (κ1) is 23.6. The van der Waals surface area contributed by atoms with Gasteiger partial charge in [-0.25, -0.2) is 9.37 Å². The van der Waals surface area contributed by atoms with Gasteiger partial charge in [0.05, 0.1) is 10.5 Å². The number of nitrogen functional groups attached to an aromatic ring is 1. The second-order valence-corrected chi connectivity index (χ2v) is 7.97. The first-order chi connectivity index (χ1) is 15.1. The molecule has 1 aromatic carbocycles. The quantitative estimate of drug-likeness (QED) is 0.325. The van der Waals surface area contributed by atoms with Gasteiger partial charge in [-0.05, 0) is 62.6 Å². The summed E-state index contributed by atoms with van der Waals surface area (Å²) in [5, 5.41) is 14.2. The van der Waals surface area contributed by atoms with Crippen molar-refractivity contribution >= 4 is 17.5 Å². The lowest BCUT2D eigenvalue weighted by Crippen LogP contribution is -2.23. The van der Waals surface area contributed by atoms with E-state index < -0.39 is 22.5 Å². The molecule has 0 unspecified atom stereocenters. The second kappa shape index (κ2) is 9.63. The Balaban J connectivity index is 1.77. The van der Waals surface area contributed by atoms with Gasteiger partial charge in [-0.2, -0.15) is 18.2 Å². The zero-order valence-corrected chi connectivity index (χ0v) is 17.2. The number of nitrogens with two attached hydrogens (primary N) is 2. The molecule has 1 aromatic heterocycles. The van der Waals surface area contributed by atoms with Crippen LogP contribution in [0.3, 0.4) is 0 Å². The van der Waals surface area contributed by atoms with E-state index >= 15 is 0 Å². The first-order valence-electron chi connectivity index (χ1n) is 10.2. The van der Waals surface area contributed by atoms with Gasteiger partial charge in [0.25, 0.3) is 0 Å². The maximum atomic E-state index is 14.1. The Morgan fingerprint density at radius 3 is 2.38 bits per heavy atom. The lowest BCUT2D eigenvalue weighted by Gasteiger charge is -2.27. The zero-order chi connectivity index (χ0) is 23.5. The van der Waals surface area contributed by atoms with Crippen molar-refractivity contribution in [1.29, 1.82) is 0 Å². The highest BCUT2D eigenvalue weighted by molar-refractivity contribution is 5.58. The van der Waals surface area contributed by atoms with Crippen molar-refractivity contribution in [3.8, 4) is 0 Å². The molecule has 3 rings (SSSR count). The molecule has 0 radical (unpaired) electrons. The number of anilines is 2. The number of nitro groups is 1. The summed E-state index contributed by atoms with van der Waals surface area (Å²) >= 11 is 0. The molecule has 0 saturated heterocycles. The molecule has 0 amide bonds. The molecular formula is C20H24F4N6O2. The van der Waals surface area contributed by atoms with E-state index in [9.17, 15) is 27.7 Å². The van der Waals surface area contributed by atoms with Crippen molar-refractivity contribution in [3.63, 3.8) is 0 Å². The lowest BCUT2D eigenvalue weighted by molar-refractivity contribution is -0.385. The monoisotopic (exact) mass is 456 g/mol. The first-order valence-corrected chi connectivity index (χ1v) is 10.2. The highest BCUT2D eigenvalue weighted by atomic mass is 19.4. The third-order valence-corrected chi connectivity index (χ3v) is 5.76. The van der Waals surface area contributed by atoms with Gasteiger partial charge >= 0.3 is 11.9 Å². The smallest absolute Gasteiger partial charge is 0.378 e. The minimum absolute atomic E-state index is 0.0415. The van der Waals surface area contributed by atoms with Gasteiger partial charge in [-0.1, -0.05) is 6.07 Å². The normalized spacial score (nSPS) is 19.0. The van der Waals surface area contributed by atoms with E-state index in [1.54, 1.807) is 0 Å². The van der Waals surface area contributed by atoms with Crippen LogP contribution < -0.4 is 16.8 Å². The number of rotatable bonds is 7. The fourth-order valence-corrected chi connectivity index (χ4v) is 3.93. The van der Waals surface area contributed by atoms with Crippen LogP contribution in [0.1, 0.15) is 42.5 Å². The van der Waals surface area contributed by atoms with Gasteiger partial charge in [0, 0.05) is 12.1 Å². The van der Waals surface area contributed by atoms with Crippen molar-refractivity contribution in [2.24, 2.45) is 17.6 Å². The third-order valence-electron chi connectivity index (χ3n) is 5.76. The molecule has 1 heterocycles. The fraction of sp³-hybridized carbons (Fsp3) is 0.500. The van der Waals surface area contributed by atoms with E-state index in [0.29, 0.717) is 24.9 Å². The summed E-state index contributed by atoms with van der Waals surface area (Å²) in [5.74, 6) is -0.790. The van der Waals surface area contributed by atoms with Crippen LogP contribution in [0.4, 0.5) is 35.0 Å². The van der Waals surface area contributed by atoms with Crippen molar-refractivity contribution in [1.82, 2.24) is 9.97 Å². The van der Waals surface area contributed by atoms with E-state index in [-0.39, 0.29) is 41.2 Å². The minimum Gasteiger partial charge on any atom is -0.378 e. The summed E-state index contributed by atoms with van der Waals surface area (Å²) < 4.78 is 52.2. The van der Waals surface area contributed by atoms with Crippen LogP contribution in [0.2, 0.25) is 0 Å². The number of nitrogens with zero attached hydrogens (tertiary/aromatic N) is 3. The molecule has 0 aliphatic heterocycles. The molecule has 1 aliphatic carbocycles. The summed E-state index contributed by atoms with van der Waals surface area (Å²) in [4.78, 5) is 19.0. The number of alkyl halides is 3. The molecule has 2 aromatic rings. The Bertz CT molecular complexity index is 977. The SMILES string of the molecule is NCC1CCC(Cc2nc(NCc3ccc(C(F)(F)F)cc3F)nc(N)c2[N+](=O)[O-])CC1. The molecule has 0 spiro atoms. The predicted octanol–water partition coefficient (Wildman–Crippen LogP) is 4.04. The van der Waals surface area contributed by atoms with Gasteiger partial charge in [-0.15, -0.1) is 0 Å². The number of hydrogen-bond donors (Lipinski definition) is 3. The number of aromatic nitrogens is 2. The molecule has 1 fully saturated rings. The summed E-state index contributed by atoms with van der Waals surface area (Å²) in [6.07, 6.45) is -0.711. The second-order valence-electron chi connectivity index (χ2n) is 7.97. The van der Waals surface area contributed by atoms with Gasteiger partial charge < -0.3 is 16.8 Å². The summed E-state index contributed by atoms with van der Waals surface area (Å²) in [7, 11) is 0. The molecule has 32 heavy (non-hydrogen) atoms. The van der Waals surface area contributed by atoms with Crippen molar-refractivity contribution in [2.45, 2.75) is 44.8 Å². The molecule has 0 bridgehead atoms. The summed E-state index contributed by atoms with van der Waals surface area (Å²) in [6, 6.07) is 2.19. The number of benzene rings is 1. The Hall–Kier alpha value is -3.02. The fourth-order valence-electron chi connectivity index (χ4n) is 3.93. The average Bonchev–Trinajstić information content (AvgIpc) is 2.72. The van der Waals surface area contributed by atoms with Gasteiger partial charge in [0.15, 0.2) is 0 Å². The molecule has 0 atom stereocenters. The van der Waals surface area contributed by atoms with E-state index in [2.05, 4.69) is 15.3 Å². The van der Waals surface area contributed by atoms with Crippen LogP contribution in [-0.2, 0) is 19.1 Å². The van der Waals surface area contributed by atoms with Crippen LogP contribution in [0.5, 0.6) is 0 Å². The Morgan fingerprint density at radius 2 is 1.81 bits per heavy atom. The van der Waals surface area contributed by atoms with Crippen LogP contribution in [-0.4, -0.2) is 21.4 Å². The number of nitrogens with one attached hydrogen (secondary N) is 1. The highest BCUT2D eigenvalue weighted by Gasteiger charge is 2.31. The van der Waals surface area contributed by atoms with Gasteiger partial charge in [0.2, 0.25) is 11.8 Å². The van der Waals surface area contributed by atoms with E-state index in [1.807, 2.05) is 0 Å². The topological polar surface area (TPSA) is 133 Å². The standard InChI is InChI=1S/C20H24F4N6O2/c21-15-8-14(20(22,23)24)6-5-13(15)10-27-19-28-16(17(30(31)32)18(26)29-19)7-11-1-3-12(9-25)4-2-11/h5-6,8,11-12H,1-4,7,9-10,25H2,(H3,26,27,28,29). The third kappa shape index (κ3) is 5.61. The highest BCUT2D eigenvalue weighted by Crippen LogP contribution is 2.34. The van der Waals surface area contributed by atoms with E-state index in [0.717, 1.165) is 37.8 Å².